The van der Waals surface area contributed by atoms with Crippen molar-refractivity contribution in [3.63, 3.8) is 0 Å². The number of aromatic hydroxyl groups is 1. The number of piperidine rings is 1. The van der Waals surface area contributed by atoms with Crippen molar-refractivity contribution in [1.82, 2.24) is 4.90 Å². The summed E-state index contributed by atoms with van der Waals surface area (Å²) in [6, 6.07) is 13.5. The van der Waals surface area contributed by atoms with E-state index in [1.165, 1.54) is 12.5 Å². The Morgan fingerprint density at radius 2 is 1.70 bits per heavy atom. The molecule has 2 aromatic heterocycles. The number of hydrogen-bond donors (Lipinski definition) is 1. The standard InChI is InChI=1S/C24H21NO5/c26-20-9-8-16-17(18-12-15-6-2-3-7-21(15)29-24(18)28)13-22(27)30-23(16)19(20)14-25-10-4-1-5-11-25/h2-3,6-9,12-13,26H,1,4-5,10-11,14H2. The van der Waals surface area contributed by atoms with Crippen LogP contribution in [0.4, 0.5) is 0 Å². The fourth-order valence-electron chi connectivity index (χ4n) is 4.24. The Hall–Kier alpha value is -3.38. The van der Waals surface area contributed by atoms with E-state index in [4.69, 9.17) is 8.83 Å². The summed E-state index contributed by atoms with van der Waals surface area (Å²) >= 11 is 0. The lowest BCUT2D eigenvalue weighted by Gasteiger charge is -2.26. The molecule has 0 atom stereocenters. The van der Waals surface area contributed by atoms with E-state index in [1.807, 2.05) is 12.1 Å². The highest BCUT2D eigenvalue weighted by Crippen LogP contribution is 2.34. The van der Waals surface area contributed by atoms with Gasteiger partial charge in [0.15, 0.2) is 0 Å². The number of phenolic OH excluding ortho intramolecular Hbond substituents is 1. The average Bonchev–Trinajstić information content (AvgIpc) is 2.75. The molecule has 0 amide bonds. The molecule has 2 aromatic carbocycles. The minimum atomic E-state index is -0.574. The molecule has 1 aliphatic heterocycles. The van der Waals surface area contributed by atoms with Crippen LogP contribution in [-0.2, 0) is 6.54 Å². The largest absolute Gasteiger partial charge is 0.507 e. The smallest absolute Gasteiger partial charge is 0.344 e. The van der Waals surface area contributed by atoms with Crippen molar-refractivity contribution in [2.75, 3.05) is 13.1 Å². The molecule has 0 saturated carbocycles. The topological polar surface area (TPSA) is 83.9 Å². The average molecular weight is 403 g/mol. The maximum atomic E-state index is 12.7. The van der Waals surface area contributed by atoms with E-state index in [-0.39, 0.29) is 5.75 Å². The van der Waals surface area contributed by atoms with Crippen LogP contribution in [0.5, 0.6) is 5.75 Å². The van der Waals surface area contributed by atoms with Gasteiger partial charge in [-0.15, -0.1) is 0 Å². The van der Waals surface area contributed by atoms with Crippen LogP contribution in [-0.4, -0.2) is 23.1 Å². The number of nitrogens with zero attached hydrogens (tertiary/aromatic N) is 1. The van der Waals surface area contributed by atoms with Gasteiger partial charge in [0.25, 0.3) is 0 Å². The van der Waals surface area contributed by atoms with E-state index in [2.05, 4.69) is 4.90 Å². The second-order valence-corrected chi connectivity index (χ2v) is 7.74. The van der Waals surface area contributed by atoms with Crippen LogP contribution in [0.15, 0.2) is 67.0 Å². The third-order valence-electron chi connectivity index (χ3n) is 5.75. The Morgan fingerprint density at radius 3 is 2.53 bits per heavy atom. The van der Waals surface area contributed by atoms with Gasteiger partial charge in [0, 0.05) is 28.9 Å². The third-order valence-corrected chi connectivity index (χ3v) is 5.75. The summed E-state index contributed by atoms with van der Waals surface area (Å²) in [7, 11) is 0. The first kappa shape index (κ1) is 18.6. The van der Waals surface area contributed by atoms with Crippen molar-refractivity contribution in [3.05, 3.63) is 74.9 Å². The molecule has 6 heteroatoms. The van der Waals surface area contributed by atoms with E-state index >= 15 is 0 Å². The van der Waals surface area contributed by atoms with Gasteiger partial charge in [-0.2, -0.15) is 0 Å². The summed E-state index contributed by atoms with van der Waals surface area (Å²) in [4.78, 5) is 27.4. The van der Waals surface area contributed by atoms with Gasteiger partial charge in [-0.3, -0.25) is 4.90 Å². The molecule has 1 N–H and O–H groups in total. The normalized spacial score (nSPS) is 15.1. The van der Waals surface area contributed by atoms with E-state index in [1.54, 1.807) is 30.3 Å². The molecule has 6 nitrogen and oxygen atoms in total. The number of rotatable bonds is 3. The lowest BCUT2D eigenvalue weighted by atomic mass is 9.99. The number of para-hydroxylation sites is 1. The first-order valence-corrected chi connectivity index (χ1v) is 10.1. The molecule has 152 valence electrons. The van der Waals surface area contributed by atoms with Crippen molar-refractivity contribution in [3.8, 4) is 16.9 Å². The zero-order valence-corrected chi connectivity index (χ0v) is 16.4. The lowest BCUT2D eigenvalue weighted by Crippen LogP contribution is -2.29. The maximum absolute atomic E-state index is 12.7. The molecule has 1 aliphatic rings. The maximum Gasteiger partial charge on any atom is 0.344 e. The van der Waals surface area contributed by atoms with Crippen molar-refractivity contribution in [1.29, 1.82) is 0 Å². The summed E-state index contributed by atoms with van der Waals surface area (Å²) in [6.45, 7) is 2.37. The monoisotopic (exact) mass is 403 g/mol. The van der Waals surface area contributed by atoms with Gasteiger partial charge >= 0.3 is 11.3 Å². The molecule has 1 fully saturated rings. The van der Waals surface area contributed by atoms with Crippen LogP contribution in [0, 0.1) is 0 Å². The van der Waals surface area contributed by atoms with Crippen molar-refractivity contribution < 1.29 is 13.9 Å². The molecule has 5 rings (SSSR count). The Balaban J connectivity index is 1.72. The third kappa shape index (κ3) is 3.29. The summed E-state index contributed by atoms with van der Waals surface area (Å²) in [5.74, 6) is 0.0823. The number of phenols is 1. The minimum absolute atomic E-state index is 0.0823. The van der Waals surface area contributed by atoms with Crippen LogP contribution < -0.4 is 11.3 Å². The molecule has 0 spiro atoms. The van der Waals surface area contributed by atoms with Crippen molar-refractivity contribution >= 4 is 21.9 Å². The molecule has 0 unspecified atom stereocenters. The van der Waals surface area contributed by atoms with Crippen LogP contribution in [0.2, 0.25) is 0 Å². The molecule has 30 heavy (non-hydrogen) atoms. The lowest BCUT2D eigenvalue weighted by molar-refractivity contribution is 0.218. The molecule has 4 aromatic rings. The zero-order valence-electron chi connectivity index (χ0n) is 16.4. The zero-order chi connectivity index (χ0) is 20.7. The van der Waals surface area contributed by atoms with E-state index < -0.39 is 11.3 Å². The number of likely N-dealkylation sites (tertiary alicyclic amines) is 1. The van der Waals surface area contributed by atoms with Crippen LogP contribution in [0.1, 0.15) is 24.8 Å². The highest BCUT2D eigenvalue weighted by Gasteiger charge is 2.20. The Morgan fingerprint density at radius 1 is 0.900 bits per heavy atom. The van der Waals surface area contributed by atoms with Gasteiger partial charge in [-0.1, -0.05) is 24.6 Å². The number of benzene rings is 2. The highest BCUT2D eigenvalue weighted by atomic mass is 16.4. The van der Waals surface area contributed by atoms with E-state index in [0.29, 0.717) is 39.8 Å². The Bertz CT molecular complexity index is 1360. The number of hydrogen-bond acceptors (Lipinski definition) is 6. The first-order valence-electron chi connectivity index (χ1n) is 10.1. The molecular formula is C24H21NO5. The van der Waals surface area contributed by atoms with Gasteiger partial charge in [-0.25, -0.2) is 9.59 Å². The quantitative estimate of drug-likeness (QED) is 0.515. The predicted molar refractivity (Wildman–Crippen MR) is 115 cm³/mol. The van der Waals surface area contributed by atoms with E-state index in [0.717, 1.165) is 31.3 Å². The SMILES string of the molecule is O=c1cc(-c2cc3ccccc3oc2=O)c2ccc(O)c(CN3CCCCC3)c2o1. The minimum Gasteiger partial charge on any atom is -0.507 e. The molecule has 0 radical (unpaired) electrons. The van der Waals surface area contributed by atoms with Crippen LogP contribution in [0.25, 0.3) is 33.1 Å². The Kier molecular flexibility index (Phi) is 4.64. The molecular weight excluding hydrogens is 382 g/mol. The van der Waals surface area contributed by atoms with Crippen molar-refractivity contribution in [2.45, 2.75) is 25.8 Å². The van der Waals surface area contributed by atoms with Gasteiger partial charge in [0.05, 0.1) is 11.1 Å². The summed E-state index contributed by atoms with van der Waals surface area (Å²) in [5, 5.41) is 11.9. The second kappa shape index (κ2) is 7.46. The Labute approximate surface area is 172 Å². The molecule has 0 aliphatic carbocycles. The first-order chi connectivity index (χ1) is 14.6. The predicted octanol–water partition coefficient (Wildman–Crippen LogP) is 4.26. The van der Waals surface area contributed by atoms with Gasteiger partial charge in [0.2, 0.25) is 0 Å². The van der Waals surface area contributed by atoms with Gasteiger partial charge in [-0.05, 0) is 50.2 Å². The fraction of sp³-hybridized carbons (Fsp3) is 0.250. The summed E-state index contributed by atoms with van der Waals surface area (Å²) < 4.78 is 11.0. The highest BCUT2D eigenvalue weighted by molar-refractivity contribution is 5.97. The number of fused-ring (bicyclic) bond motifs is 2. The molecule has 3 heterocycles. The van der Waals surface area contributed by atoms with Crippen molar-refractivity contribution in [2.24, 2.45) is 0 Å². The van der Waals surface area contributed by atoms with Gasteiger partial charge in [0.1, 0.15) is 16.9 Å². The molecule has 1 saturated heterocycles. The second-order valence-electron chi connectivity index (χ2n) is 7.74. The fourth-order valence-corrected chi connectivity index (χ4v) is 4.24. The van der Waals surface area contributed by atoms with E-state index in [9.17, 15) is 14.7 Å². The summed E-state index contributed by atoms with van der Waals surface area (Å²) in [6.07, 6.45) is 3.42. The summed E-state index contributed by atoms with van der Waals surface area (Å²) in [5.41, 5.74) is 1.01. The van der Waals surface area contributed by atoms with Gasteiger partial charge < -0.3 is 13.9 Å². The van der Waals surface area contributed by atoms with Crippen LogP contribution in [0.3, 0.4) is 0 Å². The molecule has 0 bridgehead atoms. The van der Waals surface area contributed by atoms with Crippen LogP contribution >= 0.6 is 0 Å².